The standard InChI is InChI=1S/C29H31FN6O6/c1-17-10-20(42-27-4-7-31-25(34-27)16-41-28-22(30)12-19(37)13-32-28)5-8-35(17)15-26-33-23-3-2-18(29(38)39)11-24(23)36(26)14-21-6-9-40-21/h2-4,7,11-13,17,20-21,37H,5-6,8-10,14-16H2,1H3,(H,38,39)/t17-,20?,21-/m0/s1. The molecule has 12 nitrogen and oxygen atoms in total. The summed E-state index contributed by atoms with van der Waals surface area (Å²) in [6.07, 6.45) is 5.22. The van der Waals surface area contributed by atoms with E-state index in [1.165, 1.54) is 0 Å². The Bertz CT molecular complexity index is 1590. The number of aromatic nitrogens is 5. The van der Waals surface area contributed by atoms with Gasteiger partial charge < -0.3 is 29.0 Å². The first-order valence-corrected chi connectivity index (χ1v) is 13.9. The molecule has 1 aromatic carbocycles. The molecule has 3 atom stereocenters. The molecule has 4 aromatic rings. The number of halogens is 1. The van der Waals surface area contributed by atoms with Gasteiger partial charge in [0.2, 0.25) is 5.88 Å². The van der Waals surface area contributed by atoms with Crippen molar-refractivity contribution in [2.75, 3.05) is 13.2 Å². The van der Waals surface area contributed by atoms with E-state index >= 15 is 0 Å². The monoisotopic (exact) mass is 578 g/mol. The number of fused-ring (bicyclic) bond motifs is 1. The molecular formula is C29H31FN6O6. The SMILES string of the molecule is C[C@H]1CC(Oc2ccnc(COc3ncc(O)cc3F)n2)CCN1Cc1nc2ccc(C(=O)O)cc2n1C[C@@H]1CCO1. The van der Waals surface area contributed by atoms with Crippen molar-refractivity contribution in [3.8, 4) is 17.5 Å². The van der Waals surface area contributed by atoms with Gasteiger partial charge in [-0.3, -0.25) is 4.90 Å². The maximum atomic E-state index is 13.9. The summed E-state index contributed by atoms with van der Waals surface area (Å²) in [5.41, 5.74) is 1.81. The molecule has 2 aliphatic heterocycles. The summed E-state index contributed by atoms with van der Waals surface area (Å²) < 4.78 is 33.2. The van der Waals surface area contributed by atoms with Crippen LogP contribution in [-0.4, -0.2) is 77.0 Å². The van der Waals surface area contributed by atoms with Crippen molar-refractivity contribution in [3.63, 3.8) is 0 Å². The number of aromatic carboxylic acids is 1. The Kier molecular flexibility index (Phi) is 7.85. The van der Waals surface area contributed by atoms with Crippen molar-refractivity contribution in [1.82, 2.24) is 29.4 Å². The van der Waals surface area contributed by atoms with E-state index in [1.807, 2.05) is 0 Å². The Morgan fingerprint density at radius 1 is 1.19 bits per heavy atom. The van der Waals surface area contributed by atoms with Crippen molar-refractivity contribution in [2.45, 2.75) is 64.1 Å². The summed E-state index contributed by atoms with van der Waals surface area (Å²) in [7, 11) is 0. The lowest BCUT2D eigenvalue weighted by molar-refractivity contribution is -0.0593. The molecule has 0 saturated carbocycles. The molecule has 6 rings (SSSR count). The van der Waals surface area contributed by atoms with Gasteiger partial charge in [-0.05, 0) is 44.4 Å². The topological polar surface area (TPSA) is 145 Å². The van der Waals surface area contributed by atoms with Crippen LogP contribution in [0.1, 0.15) is 48.2 Å². The highest BCUT2D eigenvalue weighted by Crippen LogP contribution is 2.27. The number of benzene rings is 1. The third-order valence-electron chi connectivity index (χ3n) is 7.66. The smallest absolute Gasteiger partial charge is 0.335 e. The van der Waals surface area contributed by atoms with Gasteiger partial charge in [0.1, 0.15) is 24.3 Å². The highest BCUT2D eigenvalue weighted by Gasteiger charge is 2.29. The molecule has 0 radical (unpaired) electrons. The number of aromatic hydroxyl groups is 1. The Labute approximate surface area is 240 Å². The van der Waals surface area contributed by atoms with Crippen molar-refractivity contribution in [2.24, 2.45) is 0 Å². The Morgan fingerprint density at radius 2 is 2.05 bits per heavy atom. The average molecular weight is 579 g/mol. The first-order valence-electron chi connectivity index (χ1n) is 13.9. The van der Waals surface area contributed by atoms with Gasteiger partial charge in [0.15, 0.2) is 11.6 Å². The quantitative estimate of drug-likeness (QED) is 0.285. The Hall–Kier alpha value is -4.36. The van der Waals surface area contributed by atoms with E-state index in [0.29, 0.717) is 24.8 Å². The summed E-state index contributed by atoms with van der Waals surface area (Å²) in [5.74, 6) is -0.677. The molecule has 0 amide bonds. The zero-order chi connectivity index (χ0) is 29.2. The Morgan fingerprint density at radius 3 is 2.79 bits per heavy atom. The summed E-state index contributed by atoms with van der Waals surface area (Å²) in [6.45, 7) is 4.82. The zero-order valence-electron chi connectivity index (χ0n) is 23.0. The molecule has 2 aliphatic rings. The number of rotatable bonds is 10. The van der Waals surface area contributed by atoms with Crippen LogP contribution in [0.2, 0.25) is 0 Å². The average Bonchev–Trinajstić information content (AvgIpc) is 3.28. The number of hydrogen-bond acceptors (Lipinski definition) is 10. The van der Waals surface area contributed by atoms with E-state index in [2.05, 4.69) is 31.3 Å². The van der Waals surface area contributed by atoms with Crippen LogP contribution in [0.4, 0.5) is 4.39 Å². The molecule has 2 N–H and O–H groups in total. The van der Waals surface area contributed by atoms with Crippen LogP contribution in [0.25, 0.3) is 11.0 Å². The van der Waals surface area contributed by atoms with Crippen LogP contribution in [0.5, 0.6) is 17.5 Å². The van der Waals surface area contributed by atoms with E-state index < -0.39 is 11.8 Å². The lowest BCUT2D eigenvalue weighted by atomic mass is 10.0. The summed E-state index contributed by atoms with van der Waals surface area (Å²) in [5, 5.41) is 18.8. The van der Waals surface area contributed by atoms with Crippen molar-refractivity contribution in [1.29, 1.82) is 0 Å². The lowest BCUT2D eigenvalue weighted by Crippen LogP contribution is -2.44. The van der Waals surface area contributed by atoms with Gasteiger partial charge in [-0.2, -0.15) is 4.98 Å². The minimum absolute atomic E-state index is 0.0588. The van der Waals surface area contributed by atoms with Crippen LogP contribution >= 0.6 is 0 Å². The predicted octanol–water partition coefficient (Wildman–Crippen LogP) is 3.56. The summed E-state index contributed by atoms with van der Waals surface area (Å²) >= 11 is 0. The molecule has 3 aromatic heterocycles. The second-order valence-electron chi connectivity index (χ2n) is 10.6. The minimum atomic E-state index is -0.964. The fourth-order valence-electron chi connectivity index (χ4n) is 5.30. The molecular weight excluding hydrogens is 547 g/mol. The van der Waals surface area contributed by atoms with Gasteiger partial charge in [0, 0.05) is 37.5 Å². The summed E-state index contributed by atoms with van der Waals surface area (Å²) in [4.78, 5) is 31.1. The van der Waals surface area contributed by atoms with Gasteiger partial charge >= 0.3 is 5.97 Å². The van der Waals surface area contributed by atoms with Gasteiger partial charge in [-0.25, -0.2) is 24.1 Å². The van der Waals surface area contributed by atoms with E-state index in [0.717, 1.165) is 61.5 Å². The number of carboxylic acids is 1. The summed E-state index contributed by atoms with van der Waals surface area (Å²) in [6, 6.07) is 7.84. The molecule has 5 heterocycles. The maximum absolute atomic E-state index is 13.9. The van der Waals surface area contributed by atoms with Gasteiger partial charge in [-0.1, -0.05) is 0 Å². The van der Waals surface area contributed by atoms with Crippen molar-refractivity contribution < 1.29 is 33.6 Å². The third-order valence-corrected chi connectivity index (χ3v) is 7.66. The molecule has 42 heavy (non-hydrogen) atoms. The number of imidazole rings is 1. The van der Waals surface area contributed by atoms with E-state index in [-0.39, 0.29) is 42.0 Å². The zero-order valence-corrected chi connectivity index (χ0v) is 23.0. The fraction of sp³-hybridized carbons (Fsp3) is 0.414. The lowest BCUT2D eigenvalue weighted by Gasteiger charge is -2.37. The molecule has 1 unspecified atom stereocenters. The first kappa shape index (κ1) is 27.8. The van der Waals surface area contributed by atoms with Crippen LogP contribution in [0.15, 0.2) is 42.7 Å². The largest absolute Gasteiger partial charge is 0.506 e. The first-order chi connectivity index (χ1) is 20.3. The van der Waals surface area contributed by atoms with Crippen LogP contribution in [-0.2, 0) is 24.4 Å². The second kappa shape index (κ2) is 11.9. The molecule has 2 fully saturated rings. The number of piperidine rings is 1. The van der Waals surface area contributed by atoms with Crippen LogP contribution in [0.3, 0.4) is 0 Å². The number of ether oxygens (including phenoxy) is 3. The molecule has 2 saturated heterocycles. The van der Waals surface area contributed by atoms with E-state index in [9.17, 15) is 19.4 Å². The highest BCUT2D eigenvalue weighted by molar-refractivity contribution is 5.92. The van der Waals surface area contributed by atoms with E-state index in [1.54, 1.807) is 30.5 Å². The number of pyridine rings is 1. The molecule has 220 valence electrons. The molecule has 13 heteroatoms. The van der Waals surface area contributed by atoms with Gasteiger partial charge in [-0.15, -0.1) is 0 Å². The maximum Gasteiger partial charge on any atom is 0.335 e. The van der Waals surface area contributed by atoms with Crippen molar-refractivity contribution >= 4 is 17.0 Å². The number of likely N-dealkylation sites (tertiary alicyclic amines) is 1. The minimum Gasteiger partial charge on any atom is -0.506 e. The van der Waals surface area contributed by atoms with Crippen molar-refractivity contribution in [3.05, 3.63) is 65.8 Å². The normalized spacial score (nSPS) is 20.8. The van der Waals surface area contributed by atoms with Crippen LogP contribution in [0, 0.1) is 5.82 Å². The number of carbonyl (C=O) groups is 1. The molecule has 0 bridgehead atoms. The van der Waals surface area contributed by atoms with Crippen LogP contribution < -0.4 is 9.47 Å². The fourth-order valence-corrected chi connectivity index (χ4v) is 5.30. The van der Waals surface area contributed by atoms with E-state index in [4.69, 9.17) is 19.2 Å². The number of hydrogen-bond donors (Lipinski definition) is 2. The molecule has 0 spiro atoms. The third kappa shape index (κ3) is 6.11. The number of nitrogens with zero attached hydrogens (tertiary/aromatic N) is 6. The number of carboxylic acid groups (broad SMARTS) is 1. The second-order valence-corrected chi connectivity index (χ2v) is 10.6. The van der Waals surface area contributed by atoms with Gasteiger partial charge in [0.25, 0.3) is 5.88 Å². The molecule has 0 aliphatic carbocycles. The van der Waals surface area contributed by atoms with Gasteiger partial charge in [0.05, 0.1) is 42.0 Å². The predicted molar refractivity (Wildman–Crippen MR) is 147 cm³/mol. The Balaban J connectivity index is 1.09. The highest BCUT2D eigenvalue weighted by atomic mass is 19.1.